The zero-order valence-corrected chi connectivity index (χ0v) is 17.9. The third-order valence-corrected chi connectivity index (χ3v) is 5.85. The van der Waals surface area contributed by atoms with Crippen molar-refractivity contribution in [2.75, 3.05) is 5.32 Å². The lowest BCUT2D eigenvalue weighted by Crippen LogP contribution is -1.89. The minimum atomic E-state index is 1.07. The maximum Gasteiger partial charge on any atom is 0.0384 e. The first-order chi connectivity index (χ1) is 14.7. The smallest absolute Gasteiger partial charge is 0.0384 e. The van der Waals surface area contributed by atoms with E-state index >= 15 is 0 Å². The first-order valence-electron chi connectivity index (χ1n) is 9.97. The summed E-state index contributed by atoms with van der Waals surface area (Å²) in [7, 11) is 0. The molecule has 0 fully saturated rings. The van der Waals surface area contributed by atoms with E-state index in [1.807, 2.05) is 12.1 Å². The van der Waals surface area contributed by atoms with Crippen molar-refractivity contribution in [3.63, 3.8) is 0 Å². The van der Waals surface area contributed by atoms with Gasteiger partial charge in [-0.05, 0) is 75.5 Å². The van der Waals surface area contributed by atoms with Crippen LogP contribution >= 0.6 is 15.9 Å². The molecular weight excluding hydrogens is 430 g/mol. The third-order valence-electron chi connectivity index (χ3n) is 5.32. The molecule has 0 atom stereocenters. The number of hydrogen-bond acceptors (Lipinski definition) is 1. The monoisotopic (exact) mass is 449 g/mol. The molecule has 0 saturated carbocycles. The highest BCUT2D eigenvalue weighted by molar-refractivity contribution is 9.10. The van der Waals surface area contributed by atoms with Crippen LogP contribution in [0.5, 0.6) is 0 Å². The normalized spacial score (nSPS) is 10.8. The standard InChI is InChI=1S/C28H20BrN/c29-26-13-17-28(18-14-26)30-27-15-11-22(12-16-27)21-5-7-23(8-6-21)25-10-9-20-3-1-2-4-24(20)19-25/h1-19,30H. The summed E-state index contributed by atoms with van der Waals surface area (Å²) >= 11 is 3.47. The van der Waals surface area contributed by atoms with Crippen molar-refractivity contribution in [3.8, 4) is 22.3 Å². The van der Waals surface area contributed by atoms with Gasteiger partial charge in [-0.1, -0.05) is 88.7 Å². The van der Waals surface area contributed by atoms with E-state index in [0.29, 0.717) is 0 Å². The van der Waals surface area contributed by atoms with Crippen LogP contribution in [0.3, 0.4) is 0 Å². The molecule has 0 saturated heterocycles. The summed E-state index contributed by atoms with van der Waals surface area (Å²) < 4.78 is 1.08. The second-order valence-corrected chi connectivity index (χ2v) is 8.26. The molecule has 0 radical (unpaired) electrons. The van der Waals surface area contributed by atoms with Crippen LogP contribution in [0, 0.1) is 0 Å². The van der Waals surface area contributed by atoms with E-state index < -0.39 is 0 Å². The second-order valence-electron chi connectivity index (χ2n) is 7.35. The minimum Gasteiger partial charge on any atom is -0.356 e. The Morgan fingerprint density at radius 2 is 0.900 bits per heavy atom. The Labute approximate surface area is 185 Å². The average Bonchev–Trinajstić information content (AvgIpc) is 2.81. The van der Waals surface area contributed by atoms with Crippen molar-refractivity contribution in [1.29, 1.82) is 0 Å². The molecule has 0 aliphatic rings. The Hall–Kier alpha value is -3.36. The molecule has 0 amide bonds. The summed E-state index contributed by atoms with van der Waals surface area (Å²) in [5.74, 6) is 0. The van der Waals surface area contributed by atoms with Crippen LogP contribution in [0.25, 0.3) is 33.0 Å². The van der Waals surface area contributed by atoms with E-state index in [0.717, 1.165) is 15.8 Å². The molecule has 1 nitrogen and oxygen atoms in total. The molecule has 0 spiro atoms. The molecule has 5 aromatic rings. The van der Waals surface area contributed by atoms with Gasteiger partial charge in [-0.3, -0.25) is 0 Å². The Balaban J connectivity index is 1.35. The van der Waals surface area contributed by atoms with Crippen LogP contribution in [0.1, 0.15) is 0 Å². The Morgan fingerprint density at radius 3 is 1.53 bits per heavy atom. The van der Waals surface area contributed by atoms with Crippen LogP contribution < -0.4 is 5.32 Å². The molecule has 1 N–H and O–H groups in total. The second kappa shape index (κ2) is 8.17. The summed E-state index contributed by atoms with van der Waals surface area (Å²) in [5.41, 5.74) is 7.06. The van der Waals surface area contributed by atoms with Gasteiger partial charge in [0.2, 0.25) is 0 Å². The molecule has 0 heterocycles. The lowest BCUT2D eigenvalue weighted by molar-refractivity contribution is 1.53. The number of halogens is 1. The molecule has 0 unspecified atom stereocenters. The van der Waals surface area contributed by atoms with E-state index in [-0.39, 0.29) is 0 Å². The average molecular weight is 450 g/mol. The van der Waals surface area contributed by atoms with Gasteiger partial charge in [-0.15, -0.1) is 0 Å². The van der Waals surface area contributed by atoms with Crippen LogP contribution in [0.15, 0.2) is 120 Å². The summed E-state index contributed by atoms with van der Waals surface area (Å²) in [6.45, 7) is 0. The fourth-order valence-corrected chi connectivity index (χ4v) is 3.93. The fraction of sp³-hybridized carbons (Fsp3) is 0. The van der Waals surface area contributed by atoms with Crippen LogP contribution in [0.4, 0.5) is 11.4 Å². The molecule has 0 aliphatic carbocycles. The van der Waals surface area contributed by atoms with Gasteiger partial charge in [0.25, 0.3) is 0 Å². The van der Waals surface area contributed by atoms with Gasteiger partial charge in [0.1, 0.15) is 0 Å². The lowest BCUT2D eigenvalue weighted by Gasteiger charge is -2.09. The lowest BCUT2D eigenvalue weighted by atomic mass is 9.98. The number of nitrogens with one attached hydrogen (secondary N) is 1. The number of fused-ring (bicyclic) bond motifs is 1. The Kier molecular flexibility index (Phi) is 5.08. The minimum absolute atomic E-state index is 1.07. The maximum atomic E-state index is 3.47. The van der Waals surface area contributed by atoms with E-state index in [1.54, 1.807) is 0 Å². The number of anilines is 2. The predicted molar refractivity (Wildman–Crippen MR) is 132 cm³/mol. The number of benzene rings is 5. The van der Waals surface area contributed by atoms with Crippen LogP contribution in [-0.4, -0.2) is 0 Å². The molecule has 5 aromatic carbocycles. The molecule has 5 rings (SSSR count). The van der Waals surface area contributed by atoms with E-state index in [9.17, 15) is 0 Å². The van der Waals surface area contributed by atoms with Crippen molar-refractivity contribution >= 4 is 38.1 Å². The highest BCUT2D eigenvalue weighted by Gasteiger charge is 2.03. The largest absolute Gasteiger partial charge is 0.356 e. The first kappa shape index (κ1) is 18.7. The fourth-order valence-electron chi connectivity index (χ4n) is 3.67. The van der Waals surface area contributed by atoms with Crippen molar-refractivity contribution in [3.05, 3.63) is 120 Å². The molecule has 0 aromatic heterocycles. The SMILES string of the molecule is Brc1ccc(Nc2ccc(-c3ccc(-c4ccc5ccccc5c4)cc3)cc2)cc1. The zero-order chi connectivity index (χ0) is 20.3. The number of rotatable bonds is 4. The Morgan fingerprint density at radius 1 is 0.433 bits per heavy atom. The Bertz CT molecular complexity index is 1290. The van der Waals surface area contributed by atoms with Crippen molar-refractivity contribution in [2.24, 2.45) is 0 Å². The molecule has 144 valence electrons. The predicted octanol–water partition coefficient (Wildman–Crippen LogP) is 8.68. The first-order valence-corrected chi connectivity index (χ1v) is 10.8. The summed E-state index contributed by atoms with van der Waals surface area (Å²) in [6.07, 6.45) is 0. The quantitative estimate of drug-likeness (QED) is 0.289. The molecular formula is C28H20BrN. The summed E-state index contributed by atoms with van der Waals surface area (Å²) in [6, 6.07) is 40.7. The van der Waals surface area contributed by atoms with Gasteiger partial charge in [0.05, 0.1) is 0 Å². The topological polar surface area (TPSA) is 12.0 Å². The van der Waals surface area contributed by atoms with Gasteiger partial charge >= 0.3 is 0 Å². The highest BCUT2D eigenvalue weighted by Crippen LogP contribution is 2.28. The van der Waals surface area contributed by atoms with Crippen LogP contribution in [0.2, 0.25) is 0 Å². The summed E-state index contributed by atoms with van der Waals surface area (Å²) in [4.78, 5) is 0. The van der Waals surface area contributed by atoms with E-state index in [2.05, 4.69) is 124 Å². The third kappa shape index (κ3) is 4.00. The maximum absolute atomic E-state index is 3.47. The van der Waals surface area contributed by atoms with Gasteiger partial charge in [-0.25, -0.2) is 0 Å². The highest BCUT2D eigenvalue weighted by atomic mass is 79.9. The van der Waals surface area contributed by atoms with E-state index in [4.69, 9.17) is 0 Å². The van der Waals surface area contributed by atoms with Gasteiger partial charge in [-0.2, -0.15) is 0 Å². The summed E-state index contributed by atoms with van der Waals surface area (Å²) in [5, 5.41) is 5.98. The molecule has 2 heteroatoms. The van der Waals surface area contributed by atoms with Crippen molar-refractivity contribution in [2.45, 2.75) is 0 Å². The van der Waals surface area contributed by atoms with Gasteiger partial charge < -0.3 is 5.32 Å². The van der Waals surface area contributed by atoms with E-state index in [1.165, 1.54) is 33.0 Å². The molecule has 30 heavy (non-hydrogen) atoms. The van der Waals surface area contributed by atoms with Crippen molar-refractivity contribution in [1.82, 2.24) is 0 Å². The van der Waals surface area contributed by atoms with Crippen molar-refractivity contribution < 1.29 is 0 Å². The zero-order valence-electron chi connectivity index (χ0n) is 16.3. The van der Waals surface area contributed by atoms with Crippen LogP contribution in [-0.2, 0) is 0 Å². The van der Waals surface area contributed by atoms with Gasteiger partial charge in [0, 0.05) is 15.8 Å². The molecule has 0 bridgehead atoms. The number of hydrogen-bond donors (Lipinski definition) is 1. The molecule has 0 aliphatic heterocycles. The van der Waals surface area contributed by atoms with Gasteiger partial charge in [0.15, 0.2) is 0 Å².